The van der Waals surface area contributed by atoms with E-state index in [1.54, 1.807) is 0 Å². The van der Waals surface area contributed by atoms with Gasteiger partial charge in [-0.2, -0.15) is 4.99 Å². The molecule has 0 aliphatic heterocycles. The zero-order valence-corrected chi connectivity index (χ0v) is 9.60. The lowest BCUT2D eigenvalue weighted by atomic mass is 10.1. The van der Waals surface area contributed by atoms with Gasteiger partial charge in [0.25, 0.3) is 0 Å². The Morgan fingerprint density at radius 2 is 1.84 bits per heavy atom. The lowest BCUT2D eigenvalue weighted by Gasteiger charge is -2.04. The smallest absolute Gasteiger partial charge is 0.307 e. The number of hydrogen-bond acceptors (Lipinski definition) is 2. The van der Waals surface area contributed by atoms with Gasteiger partial charge in [-0.3, -0.25) is 4.79 Å². The van der Waals surface area contributed by atoms with E-state index in [2.05, 4.69) is 9.98 Å². The third-order valence-electron chi connectivity index (χ3n) is 1.96. The number of rotatable bonds is 3. The molecule has 0 spiro atoms. The molecule has 0 radical (unpaired) electrons. The number of carboxylic acid groups (broad SMARTS) is 1. The number of carbonyl (C=O) groups is 1. The van der Waals surface area contributed by atoms with Crippen LogP contribution in [-0.4, -0.2) is 23.0 Å². The summed E-state index contributed by atoms with van der Waals surface area (Å²) in [4.78, 5) is 17.2. The van der Waals surface area contributed by atoms with Gasteiger partial charge < -0.3 is 22.3 Å². The fraction of sp³-hybridized carbons (Fsp3) is 0.100. The first-order valence-corrected chi connectivity index (χ1v) is 4.93. The van der Waals surface area contributed by atoms with Gasteiger partial charge in [-0.15, -0.1) is 0 Å². The normalized spacial score (nSPS) is 11.2. The molecule has 0 fully saturated rings. The van der Waals surface area contributed by atoms with Crippen molar-refractivity contribution >= 4 is 23.6 Å². The van der Waals surface area contributed by atoms with Crippen molar-refractivity contribution in [2.45, 2.75) is 6.42 Å². The van der Waals surface area contributed by atoms with Crippen LogP contribution in [0, 0.1) is 11.6 Å². The third-order valence-corrected chi connectivity index (χ3v) is 1.96. The van der Waals surface area contributed by atoms with Gasteiger partial charge >= 0.3 is 5.97 Å². The van der Waals surface area contributed by atoms with Crippen LogP contribution in [0.3, 0.4) is 0 Å². The highest BCUT2D eigenvalue weighted by Gasteiger charge is 2.15. The highest BCUT2D eigenvalue weighted by atomic mass is 19.2. The number of aliphatic imine (C=N–C) groups is 2. The number of aliphatic carboxylic acids is 1. The van der Waals surface area contributed by atoms with Crippen molar-refractivity contribution in [2.24, 2.45) is 27.2 Å². The molecule has 1 rings (SSSR count). The molecule has 0 aliphatic carbocycles. The van der Waals surface area contributed by atoms with Crippen LogP contribution in [-0.2, 0) is 11.2 Å². The molecule has 0 amide bonds. The van der Waals surface area contributed by atoms with Crippen LogP contribution in [0.4, 0.5) is 14.5 Å². The SMILES string of the molecule is NC(N)=NC(N)=Nc1ccc(CC(=O)O)c(F)c1F. The Balaban J connectivity index is 3.16. The maximum absolute atomic E-state index is 13.6. The van der Waals surface area contributed by atoms with E-state index in [-0.39, 0.29) is 11.5 Å². The highest BCUT2D eigenvalue weighted by molar-refractivity contribution is 5.93. The third kappa shape index (κ3) is 3.91. The average Bonchev–Trinajstić information content (AvgIpc) is 2.27. The number of nitrogens with zero attached hydrogens (tertiary/aromatic N) is 2. The van der Waals surface area contributed by atoms with Crippen LogP contribution in [0.1, 0.15) is 5.56 Å². The number of guanidine groups is 2. The molecule has 1 aromatic carbocycles. The number of nitrogens with two attached hydrogens (primary N) is 3. The second-order valence-corrected chi connectivity index (χ2v) is 3.45. The molecule has 0 aliphatic rings. The fourth-order valence-corrected chi connectivity index (χ4v) is 1.25. The Morgan fingerprint density at radius 3 is 2.37 bits per heavy atom. The Labute approximate surface area is 106 Å². The van der Waals surface area contributed by atoms with Crippen molar-refractivity contribution in [3.63, 3.8) is 0 Å². The van der Waals surface area contributed by atoms with Gasteiger partial charge in [0.15, 0.2) is 17.6 Å². The first-order valence-electron chi connectivity index (χ1n) is 4.93. The quantitative estimate of drug-likeness (QED) is 0.445. The van der Waals surface area contributed by atoms with Gasteiger partial charge in [0.2, 0.25) is 5.96 Å². The van der Waals surface area contributed by atoms with E-state index in [9.17, 15) is 13.6 Å². The van der Waals surface area contributed by atoms with E-state index in [0.29, 0.717) is 0 Å². The summed E-state index contributed by atoms with van der Waals surface area (Å²) in [6, 6.07) is 2.17. The summed E-state index contributed by atoms with van der Waals surface area (Å²) in [6.45, 7) is 0. The molecule has 0 aromatic heterocycles. The molecule has 0 saturated carbocycles. The van der Waals surface area contributed by atoms with Crippen LogP contribution in [0.2, 0.25) is 0 Å². The predicted octanol–water partition coefficient (Wildman–Crippen LogP) is -0.188. The minimum Gasteiger partial charge on any atom is -0.481 e. The molecule has 7 nitrogen and oxygen atoms in total. The summed E-state index contributed by atoms with van der Waals surface area (Å²) in [5.74, 6) is -4.75. The van der Waals surface area contributed by atoms with Crippen LogP contribution < -0.4 is 17.2 Å². The van der Waals surface area contributed by atoms with E-state index in [0.717, 1.165) is 12.1 Å². The number of benzene rings is 1. The lowest BCUT2D eigenvalue weighted by Crippen LogP contribution is -2.26. The maximum atomic E-state index is 13.6. The van der Waals surface area contributed by atoms with E-state index in [1.807, 2.05) is 0 Å². The van der Waals surface area contributed by atoms with Crippen molar-refractivity contribution in [3.05, 3.63) is 29.3 Å². The summed E-state index contributed by atoms with van der Waals surface area (Å²) < 4.78 is 27.1. The van der Waals surface area contributed by atoms with Crippen LogP contribution in [0.15, 0.2) is 22.1 Å². The van der Waals surface area contributed by atoms with Crippen molar-refractivity contribution in [1.29, 1.82) is 0 Å². The second kappa shape index (κ2) is 5.76. The van der Waals surface area contributed by atoms with Gasteiger partial charge in [-0.05, 0) is 6.07 Å². The predicted molar refractivity (Wildman–Crippen MR) is 64.8 cm³/mol. The summed E-state index contributed by atoms with van der Waals surface area (Å²) in [5, 5.41) is 8.51. The Morgan fingerprint density at radius 1 is 1.21 bits per heavy atom. The van der Waals surface area contributed by atoms with Gasteiger partial charge in [0.1, 0.15) is 5.69 Å². The van der Waals surface area contributed by atoms with E-state index in [1.165, 1.54) is 0 Å². The number of hydrogen-bond donors (Lipinski definition) is 4. The van der Waals surface area contributed by atoms with Gasteiger partial charge in [0.05, 0.1) is 6.42 Å². The van der Waals surface area contributed by atoms with Crippen LogP contribution >= 0.6 is 0 Å². The van der Waals surface area contributed by atoms with E-state index >= 15 is 0 Å². The molecule has 1 aromatic rings. The first-order chi connectivity index (χ1) is 8.81. The Hall–Kier alpha value is -2.71. The molecule has 0 saturated heterocycles. The zero-order chi connectivity index (χ0) is 14.6. The molecule has 19 heavy (non-hydrogen) atoms. The fourth-order valence-electron chi connectivity index (χ4n) is 1.25. The van der Waals surface area contributed by atoms with E-state index in [4.69, 9.17) is 22.3 Å². The highest BCUT2D eigenvalue weighted by Crippen LogP contribution is 2.23. The maximum Gasteiger partial charge on any atom is 0.307 e. The van der Waals surface area contributed by atoms with Crippen LogP contribution in [0.5, 0.6) is 0 Å². The van der Waals surface area contributed by atoms with E-state index < -0.39 is 35.7 Å². The molecule has 7 N–H and O–H groups in total. The molecule has 0 atom stereocenters. The largest absolute Gasteiger partial charge is 0.481 e. The Bertz CT molecular complexity index is 567. The molecule has 9 heteroatoms. The standard InChI is InChI=1S/C10H11F2N5O2/c11-7-4(3-6(18)19)1-2-5(8(7)12)16-10(15)17-9(13)14/h1-2H,3H2,(H,18,19)(H6,13,14,15,16,17). The summed E-state index contributed by atoms with van der Waals surface area (Å²) in [6.07, 6.45) is -0.643. The first kappa shape index (κ1) is 14.4. The van der Waals surface area contributed by atoms with Gasteiger partial charge in [-0.1, -0.05) is 6.07 Å². The van der Waals surface area contributed by atoms with Gasteiger partial charge in [0, 0.05) is 5.56 Å². The van der Waals surface area contributed by atoms with Crippen molar-refractivity contribution in [3.8, 4) is 0 Å². The number of carboxylic acids is 1. The average molecular weight is 271 g/mol. The topological polar surface area (TPSA) is 140 Å². The monoisotopic (exact) mass is 271 g/mol. The summed E-state index contributed by atoms with van der Waals surface area (Å²) >= 11 is 0. The molecular weight excluding hydrogens is 260 g/mol. The lowest BCUT2D eigenvalue weighted by molar-refractivity contribution is -0.136. The second-order valence-electron chi connectivity index (χ2n) is 3.45. The van der Waals surface area contributed by atoms with Gasteiger partial charge in [-0.25, -0.2) is 13.8 Å². The summed E-state index contributed by atoms with van der Waals surface area (Å²) in [7, 11) is 0. The molecule has 0 bridgehead atoms. The minimum absolute atomic E-state index is 0.302. The van der Waals surface area contributed by atoms with Crippen molar-refractivity contribution in [1.82, 2.24) is 0 Å². The minimum atomic E-state index is -1.33. The zero-order valence-electron chi connectivity index (χ0n) is 9.60. The molecule has 102 valence electrons. The molecule has 0 heterocycles. The Kier molecular flexibility index (Phi) is 4.35. The summed E-state index contributed by atoms with van der Waals surface area (Å²) in [5.41, 5.74) is 14.6. The molecular formula is C10H11F2N5O2. The van der Waals surface area contributed by atoms with Crippen LogP contribution in [0.25, 0.3) is 0 Å². The van der Waals surface area contributed by atoms with Crippen molar-refractivity contribution in [2.75, 3.05) is 0 Å². The number of halogens is 2. The van der Waals surface area contributed by atoms with Crippen molar-refractivity contribution < 1.29 is 18.7 Å². The molecule has 0 unspecified atom stereocenters.